The molecule has 306 valence electrons. The van der Waals surface area contributed by atoms with E-state index in [0.29, 0.717) is 5.56 Å². The average Bonchev–Trinajstić information content (AvgIpc) is 3.18. The Morgan fingerprint density at radius 2 is 1.67 bits per heavy atom. The van der Waals surface area contributed by atoms with Gasteiger partial charge in [0, 0.05) is 43.4 Å². The van der Waals surface area contributed by atoms with Gasteiger partial charge in [-0.05, 0) is 48.7 Å². The van der Waals surface area contributed by atoms with Crippen molar-refractivity contribution in [3.8, 4) is 17.2 Å². The van der Waals surface area contributed by atoms with Crippen molar-refractivity contribution >= 4 is 29.1 Å². The highest BCUT2D eigenvalue weighted by atomic mass is 16.6. The van der Waals surface area contributed by atoms with Crippen LogP contribution in [0.5, 0.6) is 17.2 Å². The number of aromatic hydroxyl groups is 2. The Bertz CT molecular complexity index is 2300. The average molecular weight is 804 g/mol. The molecule has 17 nitrogen and oxygen atoms in total. The highest BCUT2D eigenvalue weighted by Gasteiger charge is 2.73. The monoisotopic (exact) mass is 803 g/mol. The molecule has 4 aliphatic rings. The third-order valence-electron chi connectivity index (χ3n) is 11.6. The highest BCUT2D eigenvalue weighted by Crippen LogP contribution is 2.57. The molecular formula is C41H41NO16. The molecule has 1 saturated heterocycles. The first kappa shape index (κ1) is 40.7. The lowest BCUT2D eigenvalue weighted by molar-refractivity contribution is -0.214. The predicted octanol–water partition coefficient (Wildman–Crippen LogP) is 0.923. The summed E-state index contributed by atoms with van der Waals surface area (Å²) in [5.41, 5.74) is -9.13. The maximum atomic E-state index is 15.1. The first-order chi connectivity index (χ1) is 27.5. The summed E-state index contributed by atoms with van der Waals surface area (Å²) in [5.74, 6) is -8.14. The van der Waals surface area contributed by atoms with E-state index < -0.39 is 135 Å². The molecule has 0 aromatic heterocycles. The minimum Gasteiger partial charge on any atom is -0.508 e. The summed E-state index contributed by atoms with van der Waals surface area (Å²) in [6, 6.07) is 8.09. The second-order valence-electron chi connectivity index (χ2n) is 14.7. The van der Waals surface area contributed by atoms with Crippen LogP contribution < -0.4 is 10.1 Å². The third-order valence-corrected chi connectivity index (χ3v) is 11.6. The number of nitrogens with one attached hydrogen (secondary N) is 1. The Balaban J connectivity index is 1.39. The van der Waals surface area contributed by atoms with E-state index in [9.17, 15) is 49.8 Å². The molecule has 0 amide bonds. The normalized spacial score (nSPS) is 28.8. The molecule has 3 aromatic rings. The molecule has 8 atom stereocenters. The maximum Gasteiger partial charge on any atom is 0.341 e. The Morgan fingerprint density at radius 1 is 0.983 bits per heavy atom. The number of allylic oxidation sites excluding steroid dienone is 2. The first-order valence-corrected chi connectivity index (χ1v) is 18.2. The third kappa shape index (κ3) is 5.68. The van der Waals surface area contributed by atoms with Crippen LogP contribution >= 0.6 is 0 Å². The first-order valence-electron chi connectivity index (χ1n) is 18.2. The number of aliphatic hydroxyl groups excluding tert-OH is 3. The van der Waals surface area contributed by atoms with Gasteiger partial charge in [-0.25, -0.2) is 4.79 Å². The van der Waals surface area contributed by atoms with Crippen LogP contribution in [0.3, 0.4) is 0 Å². The fourth-order valence-corrected chi connectivity index (χ4v) is 8.76. The predicted molar refractivity (Wildman–Crippen MR) is 197 cm³/mol. The maximum absolute atomic E-state index is 15.1. The van der Waals surface area contributed by atoms with Crippen molar-refractivity contribution in [3.05, 3.63) is 98.2 Å². The molecule has 0 unspecified atom stereocenters. The zero-order chi connectivity index (χ0) is 42.2. The van der Waals surface area contributed by atoms with Gasteiger partial charge in [0.05, 0.1) is 54.8 Å². The summed E-state index contributed by atoms with van der Waals surface area (Å²) >= 11 is 0. The Kier molecular flexibility index (Phi) is 10.3. The van der Waals surface area contributed by atoms with E-state index >= 15 is 4.79 Å². The molecule has 1 fully saturated rings. The Morgan fingerprint density at radius 3 is 2.29 bits per heavy atom. The van der Waals surface area contributed by atoms with E-state index in [0.717, 1.165) is 26.4 Å². The summed E-state index contributed by atoms with van der Waals surface area (Å²) < 4.78 is 28.1. The summed E-state index contributed by atoms with van der Waals surface area (Å²) in [7, 11) is 3.40. The number of aliphatic hydroxyl groups is 4. The minimum absolute atomic E-state index is 0.0422. The Labute approximate surface area is 330 Å². The van der Waals surface area contributed by atoms with E-state index in [1.54, 1.807) is 6.92 Å². The minimum atomic E-state index is -3.21. The van der Waals surface area contributed by atoms with Crippen LogP contribution in [0.25, 0.3) is 0 Å². The van der Waals surface area contributed by atoms with Crippen LogP contribution in [-0.2, 0) is 37.6 Å². The number of fused-ring (bicyclic) bond motifs is 5. The van der Waals surface area contributed by atoms with Crippen molar-refractivity contribution in [1.82, 2.24) is 5.32 Å². The largest absolute Gasteiger partial charge is 0.508 e. The smallest absolute Gasteiger partial charge is 0.341 e. The van der Waals surface area contributed by atoms with E-state index in [-0.39, 0.29) is 29.0 Å². The van der Waals surface area contributed by atoms with Crippen molar-refractivity contribution in [1.29, 1.82) is 0 Å². The number of esters is 1. The number of benzene rings is 3. The number of carbonyl (C=O) groups excluding carboxylic acids is 5. The van der Waals surface area contributed by atoms with Crippen molar-refractivity contribution in [3.63, 3.8) is 0 Å². The van der Waals surface area contributed by atoms with Gasteiger partial charge in [-0.1, -0.05) is 18.2 Å². The molecular weight excluding hydrogens is 762 g/mol. The lowest BCUT2D eigenvalue weighted by Crippen LogP contribution is -2.73. The van der Waals surface area contributed by atoms with E-state index in [2.05, 4.69) is 5.32 Å². The fourth-order valence-electron chi connectivity index (χ4n) is 8.76. The standard InChI is InChI=1S/C41H41NO16/c1-16-10-19-11-26(46)41(56-5)37(51)29-22(36(50)40(41,53)30(19)35(27(16)39(52)55-4)57-15-18-6-8-20(44)9-7-18)12-21-28(33(29)49)25(45)13-24(31(21)47)42-38-23(14-43)32(48)34(54-3)17(2)58-38/h6-10,12-13,17,23,26,32,34,38,42-44,46,48-49,53H,11,14-15H2,1-5H3/t17-,23+,26+,32-,34-,38-,40-,41+/m0/s1. The molecule has 0 radical (unpaired) electrons. The number of hydrogen-bond donors (Lipinski definition) is 7. The molecule has 3 aromatic carbocycles. The second kappa shape index (κ2) is 14.7. The number of aryl methyl sites for hydroxylation is 1. The molecule has 58 heavy (non-hydrogen) atoms. The fraction of sp³-hybridized carbons (Fsp3) is 0.390. The van der Waals surface area contributed by atoms with Gasteiger partial charge in [0.2, 0.25) is 17.3 Å². The number of methoxy groups -OCH3 is 3. The van der Waals surface area contributed by atoms with Crippen LogP contribution in [-0.4, -0.2) is 124 Å². The van der Waals surface area contributed by atoms with Crippen molar-refractivity contribution in [2.45, 2.75) is 68.7 Å². The van der Waals surface area contributed by atoms with Crippen LogP contribution in [0.4, 0.5) is 0 Å². The second-order valence-corrected chi connectivity index (χ2v) is 14.7. The van der Waals surface area contributed by atoms with Gasteiger partial charge in [-0.3, -0.25) is 19.2 Å². The van der Waals surface area contributed by atoms with Gasteiger partial charge >= 0.3 is 5.97 Å². The van der Waals surface area contributed by atoms with Crippen LogP contribution in [0.15, 0.2) is 48.2 Å². The van der Waals surface area contributed by atoms with Crippen molar-refractivity contribution < 1.29 is 78.3 Å². The molecule has 0 spiro atoms. The summed E-state index contributed by atoms with van der Waals surface area (Å²) in [4.78, 5) is 71.2. The quantitative estimate of drug-likeness (QED) is 0.148. The van der Waals surface area contributed by atoms with Crippen LogP contribution in [0, 0.1) is 12.8 Å². The van der Waals surface area contributed by atoms with E-state index in [1.807, 2.05) is 0 Å². The summed E-state index contributed by atoms with van der Waals surface area (Å²) in [6.07, 6.45) is -5.64. The van der Waals surface area contributed by atoms with Gasteiger partial charge in [-0.15, -0.1) is 0 Å². The van der Waals surface area contributed by atoms with Gasteiger partial charge in [0.15, 0.2) is 17.0 Å². The summed E-state index contributed by atoms with van der Waals surface area (Å²) in [6.45, 7) is 2.21. The van der Waals surface area contributed by atoms with Gasteiger partial charge in [0.25, 0.3) is 0 Å². The molecule has 7 rings (SSSR count). The Hall–Kier alpha value is -5.53. The zero-order valence-electron chi connectivity index (χ0n) is 31.9. The van der Waals surface area contributed by atoms with Crippen LogP contribution in [0.2, 0.25) is 0 Å². The number of hydrogen-bond acceptors (Lipinski definition) is 17. The number of ketones is 4. The molecule has 1 aliphatic heterocycles. The van der Waals surface area contributed by atoms with Gasteiger partial charge in [0.1, 0.15) is 41.8 Å². The summed E-state index contributed by atoms with van der Waals surface area (Å²) in [5, 5.41) is 70.0. The lowest BCUT2D eigenvalue weighted by atomic mass is 9.56. The number of Topliss-reactive ketones (excluding diaryl/α,β-unsaturated/α-hetero) is 3. The molecule has 3 aliphatic carbocycles. The van der Waals surface area contributed by atoms with E-state index in [4.69, 9.17) is 23.7 Å². The molecule has 1 heterocycles. The number of rotatable bonds is 9. The van der Waals surface area contributed by atoms with Crippen molar-refractivity contribution in [2.75, 3.05) is 27.9 Å². The molecule has 0 saturated carbocycles. The van der Waals surface area contributed by atoms with Gasteiger partial charge in [-0.2, -0.15) is 0 Å². The number of carbonyl (C=O) groups is 5. The lowest BCUT2D eigenvalue weighted by Gasteiger charge is -2.53. The highest BCUT2D eigenvalue weighted by molar-refractivity contribution is 6.31. The zero-order valence-corrected chi connectivity index (χ0v) is 31.9. The van der Waals surface area contributed by atoms with Crippen LogP contribution in [0.1, 0.15) is 81.0 Å². The SMILES string of the molecule is COC(=O)c1c(C)cc2c(c1OCc1ccc(O)cc1)[C@]1(O)C(=O)c3cc4c(c(O)c3C(=O)[C@]1(OC)[C@H](O)C2)C(=O)C=C(N[C@H]1O[C@@H](C)[C@H](OC)[C@@H](O)[C@H]1CO)C4=O. The number of phenolic OH excluding ortho intramolecular Hbond substituents is 2. The number of ether oxygens (including phenoxy) is 5. The number of phenols is 2. The van der Waals surface area contributed by atoms with Crippen molar-refractivity contribution in [2.24, 2.45) is 5.92 Å². The molecule has 0 bridgehead atoms. The van der Waals surface area contributed by atoms with E-state index in [1.165, 1.54) is 44.4 Å². The topological polar surface area (TPSA) is 265 Å². The van der Waals surface area contributed by atoms with Gasteiger partial charge < -0.3 is 59.6 Å². The molecule has 7 N–H and O–H groups in total. The molecule has 17 heteroatoms.